The molecule has 16 atom stereocenters. The molecule has 2 aromatic rings. The number of phenolic OH excluding ortho intramolecular Hbond substituents is 1. The smallest absolute Gasteiger partial charge is 0.312 e. The van der Waals surface area contributed by atoms with E-state index in [9.17, 15) is 73.8 Å². The second-order valence-corrected chi connectivity index (χ2v) is 32.8. The summed E-state index contributed by atoms with van der Waals surface area (Å²) in [5.41, 5.74) is 16.2. The lowest BCUT2D eigenvalue weighted by atomic mass is 9.49. The highest BCUT2D eigenvalue weighted by atomic mass is 16.6. The maximum atomic E-state index is 15.0. The highest BCUT2D eigenvalue weighted by Gasteiger charge is 2.59. The van der Waals surface area contributed by atoms with E-state index in [0.29, 0.717) is 114 Å². The molecule has 0 bridgehead atoms. The lowest BCUT2D eigenvalue weighted by Crippen LogP contribution is -2.62. The van der Waals surface area contributed by atoms with Crippen molar-refractivity contribution in [3.63, 3.8) is 0 Å². The number of carbonyl (C=O) groups is 9. The average molecular weight is 1620 g/mol. The van der Waals surface area contributed by atoms with Gasteiger partial charge in [0.05, 0.1) is 82.6 Å². The number of amides is 10. The molecule has 2 aromatic carbocycles. The zero-order chi connectivity index (χ0) is 83.6. The number of aliphatic hydroxyl groups excluding tert-OH is 5. The molecule has 2 saturated carbocycles. The summed E-state index contributed by atoms with van der Waals surface area (Å²) in [4.78, 5) is 126. The van der Waals surface area contributed by atoms with Gasteiger partial charge in [0.1, 0.15) is 67.0 Å². The summed E-state index contributed by atoms with van der Waals surface area (Å²) in [7, 11) is 0. The van der Waals surface area contributed by atoms with Crippen LogP contribution >= 0.6 is 0 Å². The maximum absolute atomic E-state index is 15.0. The van der Waals surface area contributed by atoms with Crippen molar-refractivity contribution in [2.75, 3.05) is 97.6 Å². The maximum Gasteiger partial charge on any atom is 0.312 e. The first-order chi connectivity index (χ1) is 55.0. The molecule has 34 nitrogen and oxygen atoms in total. The van der Waals surface area contributed by atoms with E-state index in [0.717, 1.165) is 61.6 Å². The van der Waals surface area contributed by atoms with Gasteiger partial charge in [-0.25, -0.2) is 4.79 Å². The number of rotatable bonds is 43. The molecule has 0 spiro atoms. The molecule has 1 heterocycles. The number of fused-ring (bicyclic) bond motifs is 6. The van der Waals surface area contributed by atoms with Crippen molar-refractivity contribution in [1.82, 2.24) is 48.0 Å². The van der Waals surface area contributed by atoms with Crippen LogP contribution in [0.1, 0.15) is 186 Å². The zero-order valence-electron chi connectivity index (χ0n) is 67.8. The van der Waals surface area contributed by atoms with Crippen LogP contribution in [0.25, 0.3) is 0 Å². The number of nitrogens with two attached hydrogens (primary N) is 3. The number of aliphatic hydroxyl groups is 5. The molecule has 6 aliphatic rings. The molecule has 5 aliphatic carbocycles. The van der Waals surface area contributed by atoms with Crippen LogP contribution in [-0.4, -0.2) is 237 Å². The number of hydrazine groups is 1. The van der Waals surface area contributed by atoms with Crippen LogP contribution in [0.15, 0.2) is 47.8 Å². The van der Waals surface area contributed by atoms with Gasteiger partial charge in [-0.2, -0.15) is 0 Å². The third-order valence-corrected chi connectivity index (χ3v) is 24.5. The molecule has 644 valence electrons. The van der Waals surface area contributed by atoms with Crippen molar-refractivity contribution in [2.45, 2.75) is 248 Å². The molecule has 8 rings (SSSR count). The SMILES string of the molecule is CC(C)[C@H](NC(=O)[C@@H](CCCCNC(=O)COC1CCCCCC(N[C@@H]2O[C@H](CO)[C@H](O)[C@H](O)[C@H]2O)=C1NN)NC(=O)CCOCCOCCOCCOCCN)C(=O)N[C@@H](CCCNC(N)=O)C(=O)N[C@@H](CO)C(=O)Nc1ccc2c(c1)[C@@]1(C)CCC[C@](C)(C(=O)NC(=O)[C@@]3(C)CCC[C@]4(C)c5cc(O)ccc5CC[C@@H]34)[C@@H]1CC2. The number of allylic oxidation sites excluding steroid dienone is 1. The second kappa shape index (κ2) is 44.2. The Morgan fingerprint density at radius 2 is 1.17 bits per heavy atom. The Balaban J connectivity index is 0.888. The Labute approximate surface area is 673 Å². The number of hydrogen-bond acceptors (Lipinski definition) is 25. The topological polar surface area (TPSA) is 529 Å². The predicted molar refractivity (Wildman–Crippen MR) is 423 cm³/mol. The molecule has 0 aromatic heterocycles. The van der Waals surface area contributed by atoms with Crippen molar-refractivity contribution < 1.29 is 102 Å². The highest BCUT2D eigenvalue weighted by molar-refractivity contribution is 6.01. The quantitative estimate of drug-likeness (QED) is 0.0189. The fourth-order valence-electron chi connectivity index (χ4n) is 18.1. The summed E-state index contributed by atoms with van der Waals surface area (Å²) in [5, 5.41) is 87.7. The lowest BCUT2D eigenvalue weighted by molar-refractivity contribution is -0.234. The van der Waals surface area contributed by atoms with Crippen LogP contribution in [0, 0.1) is 28.6 Å². The number of unbranched alkanes of at least 4 members (excludes halogenated alkanes) is 1. The average Bonchev–Trinajstić information content (AvgIpc) is 0.721. The predicted octanol–water partition coefficient (Wildman–Crippen LogP) is 0.846. The number of aromatic hydroxyl groups is 1. The van der Waals surface area contributed by atoms with Crippen molar-refractivity contribution in [1.29, 1.82) is 0 Å². The second-order valence-electron chi connectivity index (χ2n) is 32.8. The van der Waals surface area contributed by atoms with Crippen LogP contribution < -0.4 is 70.6 Å². The normalized spacial score (nSPS) is 26.9. The van der Waals surface area contributed by atoms with Gasteiger partial charge in [-0.3, -0.25) is 49.5 Å². The van der Waals surface area contributed by atoms with Crippen molar-refractivity contribution in [2.24, 2.45) is 45.9 Å². The van der Waals surface area contributed by atoms with Gasteiger partial charge < -0.3 is 118 Å². The standard InChI is InChI=1S/C81H129N13O21/c1-48(2)65(92-71(104)56(88-63(98)27-35-110-37-39-112-41-42-113-40-38-111-36-32-82)16-10-11-33-85-64(99)47-114-59-18-9-7-8-15-55(66(59)94-84)91-74-69(102)68(101)67(100)60(46-96)115-74)73(106)89-57(17-12-34-86-77(83)109)70(103)90-58(45-95)72(105)87-51-23-19-49-21-25-61-78(3,53(49)43-51)28-13-30-80(61,5)75(107)93-76(108)81(6)31-14-29-79(4)54-44-52(97)24-20-50(54)22-26-62(79)81/h19-20,23-24,43-44,48,56-62,65,67-69,74,91,94-97,100-102H,7-18,21-22,25-42,45-47,82,84H2,1-6H3,(H,85,99)(H,87,105)(H,88,98)(H,89,106)(H,90,103)(H,92,104)(H3,83,86,109)(H,93,107,108)/t56-,57+,58+,59?,60-,61-,62-,65+,67+,68+,69-,74-,78-,79-,80+,81+/m1/s1. The monoisotopic (exact) mass is 1620 g/mol. The first-order valence-electron chi connectivity index (χ1n) is 41.1. The number of urea groups is 1. The Morgan fingerprint density at radius 1 is 0.591 bits per heavy atom. The fraction of sp³-hybridized carbons (Fsp3) is 0.716. The van der Waals surface area contributed by atoms with Crippen molar-refractivity contribution >= 4 is 59.0 Å². The summed E-state index contributed by atoms with van der Waals surface area (Å²) in [5.74, 6) is 0.465. The van der Waals surface area contributed by atoms with E-state index in [1.807, 2.05) is 38.1 Å². The number of hydrogen-bond donors (Lipinski definition) is 19. The van der Waals surface area contributed by atoms with Crippen LogP contribution in [0.2, 0.25) is 0 Å². The molecule has 115 heavy (non-hydrogen) atoms. The number of phenols is 1. The number of primary amides is 1. The van der Waals surface area contributed by atoms with E-state index in [1.165, 1.54) is 5.56 Å². The van der Waals surface area contributed by atoms with Crippen molar-refractivity contribution in [3.8, 4) is 5.75 Å². The highest BCUT2D eigenvalue weighted by Crippen LogP contribution is 2.60. The number of imide groups is 1. The van der Waals surface area contributed by atoms with Gasteiger partial charge in [-0.15, -0.1) is 0 Å². The van der Waals surface area contributed by atoms with Gasteiger partial charge in [-0.1, -0.05) is 79.4 Å². The molecule has 22 N–H and O–H groups in total. The van der Waals surface area contributed by atoms with E-state index in [2.05, 4.69) is 67.1 Å². The number of benzene rings is 2. The number of nitrogens with one attached hydrogen (secondary N) is 10. The third kappa shape index (κ3) is 24.5. The van der Waals surface area contributed by atoms with E-state index in [-0.39, 0.29) is 99.8 Å². The van der Waals surface area contributed by atoms with Gasteiger partial charge >= 0.3 is 6.03 Å². The Morgan fingerprint density at radius 3 is 1.77 bits per heavy atom. The first kappa shape index (κ1) is 92.8. The summed E-state index contributed by atoms with van der Waals surface area (Å²) in [6, 6.07) is 4.68. The third-order valence-electron chi connectivity index (χ3n) is 24.5. The number of aryl methyl sites for hydroxylation is 2. The van der Waals surface area contributed by atoms with Crippen LogP contribution in [0.5, 0.6) is 5.75 Å². The van der Waals surface area contributed by atoms with Crippen LogP contribution in [0.3, 0.4) is 0 Å². The molecule has 3 fully saturated rings. The molecule has 1 unspecified atom stereocenters. The van der Waals surface area contributed by atoms with E-state index >= 15 is 0 Å². The minimum Gasteiger partial charge on any atom is -0.508 e. The molecule has 34 heteroatoms. The van der Waals surface area contributed by atoms with Gasteiger partial charge in [0.2, 0.25) is 47.3 Å². The van der Waals surface area contributed by atoms with E-state index < -0.39 is 144 Å². The van der Waals surface area contributed by atoms with Gasteiger partial charge in [0.25, 0.3) is 0 Å². The minimum absolute atomic E-state index is 0.0183. The van der Waals surface area contributed by atoms with E-state index in [4.69, 9.17) is 45.7 Å². The van der Waals surface area contributed by atoms with Gasteiger partial charge in [0.15, 0.2) is 6.23 Å². The Bertz CT molecular complexity index is 3630. The van der Waals surface area contributed by atoms with E-state index in [1.54, 1.807) is 26.0 Å². The fourth-order valence-corrected chi connectivity index (χ4v) is 18.1. The summed E-state index contributed by atoms with van der Waals surface area (Å²) < 4.78 is 33.7. The molecule has 10 amide bonds. The number of carbonyl (C=O) groups excluding carboxylic acids is 9. The lowest BCUT2D eigenvalue weighted by Gasteiger charge is -2.56. The number of anilines is 1. The zero-order valence-corrected chi connectivity index (χ0v) is 67.8. The minimum atomic E-state index is -1.62. The van der Waals surface area contributed by atoms with Crippen molar-refractivity contribution in [3.05, 3.63) is 70.0 Å². The summed E-state index contributed by atoms with van der Waals surface area (Å²) in [6.07, 6.45) is 2.70. The first-order valence-corrected chi connectivity index (χ1v) is 41.1. The van der Waals surface area contributed by atoms with Gasteiger partial charge in [0, 0.05) is 37.4 Å². The number of ether oxygens (including phenoxy) is 6. The van der Waals surface area contributed by atoms with Crippen LogP contribution in [0.4, 0.5) is 10.5 Å². The molecular weight excluding hydrogens is 1490 g/mol. The summed E-state index contributed by atoms with van der Waals surface area (Å²) in [6.45, 7) is 12.4. The molecule has 0 radical (unpaired) electrons. The molecule has 1 saturated heterocycles. The van der Waals surface area contributed by atoms with Gasteiger partial charge in [-0.05, 0) is 178 Å². The van der Waals surface area contributed by atoms with Crippen LogP contribution in [-0.2, 0) is 90.4 Å². The summed E-state index contributed by atoms with van der Waals surface area (Å²) >= 11 is 0. The largest absolute Gasteiger partial charge is 0.508 e. The Kier molecular flexibility index (Phi) is 35.7. The molecule has 1 aliphatic heterocycles. The molecular formula is C81H129N13O21. The Hall–Kier alpha value is -7.71.